The fourth-order valence-corrected chi connectivity index (χ4v) is 3.44. The molecular weight excluding hydrogens is 457 g/mol. The highest BCUT2D eigenvalue weighted by molar-refractivity contribution is 14.0. The fraction of sp³-hybridized carbons (Fsp3) is 0.737. The molecule has 154 valence electrons. The number of likely N-dealkylation sites (tertiary alicyclic amines) is 2. The summed E-state index contributed by atoms with van der Waals surface area (Å²) >= 11 is 0. The molecular formula is C19H34IN5O2. The Morgan fingerprint density at radius 2 is 1.85 bits per heavy atom. The maximum absolute atomic E-state index is 11.8. The number of carbonyl (C=O) groups is 2. The summed E-state index contributed by atoms with van der Waals surface area (Å²) in [6, 6.07) is 0.396. The van der Waals surface area contributed by atoms with E-state index in [2.05, 4.69) is 34.0 Å². The molecule has 2 saturated heterocycles. The lowest BCUT2D eigenvalue weighted by atomic mass is 10.0. The summed E-state index contributed by atoms with van der Waals surface area (Å²) in [5, 5.41) is 6.75. The van der Waals surface area contributed by atoms with Crippen LogP contribution in [0, 0.1) is 0 Å². The molecule has 0 spiro atoms. The standard InChI is InChI=1S/C19H33N5O2.HI/c1-4-20-19(21-10-13-24-17(25)6-5-7-18(24)26)22-16-8-11-23(12-9-16)14-15(2)3;/h16H,2,4-14H2,1,3H3,(H2,20,21,22);1H. The Hall–Kier alpha value is -1.16. The molecule has 0 aromatic carbocycles. The van der Waals surface area contributed by atoms with E-state index in [0.29, 0.717) is 38.4 Å². The molecule has 2 aliphatic heterocycles. The quantitative estimate of drug-likeness (QED) is 0.187. The van der Waals surface area contributed by atoms with Crippen LogP contribution in [0.25, 0.3) is 0 Å². The average molecular weight is 491 g/mol. The molecule has 8 heteroatoms. The van der Waals surface area contributed by atoms with E-state index in [9.17, 15) is 9.59 Å². The van der Waals surface area contributed by atoms with Crippen LogP contribution in [-0.2, 0) is 9.59 Å². The molecule has 2 aliphatic rings. The zero-order valence-corrected chi connectivity index (χ0v) is 19.0. The summed E-state index contributed by atoms with van der Waals surface area (Å²) in [6.45, 7) is 12.7. The minimum absolute atomic E-state index is 0. The number of halogens is 1. The molecule has 0 saturated carbocycles. The van der Waals surface area contributed by atoms with E-state index in [1.807, 2.05) is 6.92 Å². The maximum atomic E-state index is 11.8. The molecule has 0 unspecified atom stereocenters. The van der Waals surface area contributed by atoms with Crippen molar-refractivity contribution in [1.82, 2.24) is 20.4 Å². The lowest BCUT2D eigenvalue weighted by Gasteiger charge is -2.33. The highest BCUT2D eigenvalue weighted by Crippen LogP contribution is 2.12. The molecule has 2 fully saturated rings. The highest BCUT2D eigenvalue weighted by Gasteiger charge is 2.25. The third-order valence-corrected chi connectivity index (χ3v) is 4.74. The van der Waals surface area contributed by atoms with E-state index in [1.54, 1.807) is 0 Å². The first-order chi connectivity index (χ1) is 12.5. The third kappa shape index (κ3) is 8.16. The van der Waals surface area contributed by atoms with Gasteiger partial charge in [0.15, 0.2) is 5.96 Å². The van der Waals surface area contributed by atoms with Gasteiger partial charge in [-0.15, -0.1) is 24.0 Å². The van der Waals surface area contributed by atoms with Gasteiger partial charge in [-0.25, -0.2) is 0 Å². The van der Waals surface area contributed by atoms with Gasteiger partial charge < -0.3 is 10.6 Å². The van der Waals surface area contributed by atoms with Gasteiger partial charge >= 0.3 is 0 Å². The van der Waals surface area contributed by atoms with Crippen molar-refractivity contribution in [2.75, 3.05) is 39.3 Å². The molecule has 0 atom stereocenters. The highest BCUT2D eigenvalue weighted by atomic mass is 127. The zero-order valence-electron chi connectivity index (χ0n) is 16.6. The van der Waals surface area contributed by atoms with Crippen molar-refractivity contribution in [2.45, 2.75) is 52.0 Å². The van der Waals surface area contributed by atoms with Crippen LogP contribution < -0.4 is 10.6 Å². The van der Waals surface area contributed by atoms with Crippen LogP contribution in [-0.4, -0.2) is 72.9 Å². The monoisotopic (exact) mass is 491 g/mol. The topological polar surface area (TPSA) is 77.0 Å². The lowest BCUT2D eigenvalue weighted by Crippen LogP contribution is -2.49. The number of aliphatic imine (C=N–C) groups is 1. The van der Waals surface area contributed by atoms with Gasteiger partial charge in [-0.1, -0.05) is 12.2 Å². The molecule has 2 N–H and O–H groups in total. The van der Waals surface area contributed by atoms with Gasteiger partial charge in [0.25, 0.3) is 0 Å². The molecule has 0 radical (unpaired) electrons. The van der Waals surface area contributed by atoms with Crippen molar-refractivity contribution in [3.8, 4) is 0 Å². The molecule has 2 rings (SSSR count). The van der Waals surface area contributed by atoms with E-state index in [4.69, 9.17) is 0 Å². The van der Waals surface area contributed by atoms with Crippen LogP contribution in [0.3, 0.4) is 0 Å². The van der Waals surface area contributed by atoms with E-state index >= 15 is 0 Å². The largest absolute Gasteiger partial charge is 0.357 e. The number of hydrogen-bond donors (Lipinski definition) is 2. The van der Waals surface area contributed by atoms with Gasteiger partial charge in [0.05, 0.1) is 6.54 Å². The molecule has 0 bridgehead atoms. The number of imide groups is 1. The second-order valence-electron chi connectivity index (χ2n) is 7.21. The first-order valence-electron chi connectivity index (χ1n) is 9.74. The van der Waals surface area contributed by atoms with Gasteiger partial charge in [0, 0.05) is 51.6 Å². The number of carbonyl (C=O) groups excluding carboxylic acids is 2. The second kappa shape index (κ2) is 12.3. The summed E-state index contributed by atoms with van der Waals surface area (Å²) in [4.78, 5) is 32.0. The molecule has 27 heavy (non-hydrogen) atoms. The summed E-state index contributed by atoms with van der Waals surface area (Å²) in [5.74, 6) is 0.626. The van der Waals surface area contributed by atoms with Crippen LogP contribution in [0.4, 0.5) is 0 Å². The van der Waals surface area contributed by atoms with E-state index < -0.39 is 0 Å². The van der Waals surface area contributed by atoms with E-state index in [-0.39, 0.29) is 35.8 Å². The van der Waals surface area contributed by atoms with Gasteiger partial charge in [-0.05, 0) is 33.1 Å². The molecule has 2 heterocycles. The summed E-state index contributed by atoms with van der Waals surface area (Å²) in [6.07, 6.45) is 3.75. The molecule has 0 aromatic rings. The minimum Gasteiger partial charge on any atom is -0.357 e. The fourth-order valence-electron chi connectivity index (χ4n) is 3.44. The van der Waals surface area contributed by atoms with Gasteiger partial charge in [0.2, 0.25) is 11.8 Å². The van der Waals surface area contributed by atoms with Gasteiger partial charge in [-0.2, -0.15) is 0 Å². The number of piperidine rings is 2. The molecule has 0 aliphatic carbocycles. The zero-order chi connectivity index (χ0) is 18.9. The van der Waals surface area contributed by atoms with Gasteiger partial charge in [0.1, 0.15) is 0 Å². The lowest BCUT2D eigenvalue weighted by molar-refractivity contribution is -0.147. The second-order valence-corrected chi connectivity index (χ2v) is 7.21. The number of amides is 2. The van der Waals surface area contributed by atoms with Crippen LogP contribution in [0.2, 0.25) is 0 Å². The van der Waals surface area contributed by atoms with E-state index in [0.717, 1.165) is 45.0 Å². The number of hydrogen-bond acceptors (Lipinski definition) is 4. The van der Waals surface area contributed by atoms with Crippen LogP contribution >= 0.6 is 24.0 Å². The normalized spacial score (nSPS) is 19.6. The van der Waals surface area contributed by atoms with Gasteiger partial charge in [-0.3, -0.25) is 24.4 Å². The van der Waals surface area contributed by atoms with Crippen molar-refractivity contribution in [3.05, 3.63) is 12.2 Å². The van der Waals surface area contributed by atoms with Crippen LogP contribution in [0.1, 0.15) is 46.0 Å². The number of nitrogens with zero attached hydrogens (tertiary/aromatic N) is 3. The Balaban J connectivity index is 0.00000364. The van der Waals surface area contributed by atoms with E-state index in [1.165, 1.54) is 10.5 Å². The van der Waals surface area contributed by atoms with Crippen molar-refractivity contribution >= 4 is 41.8 Å². The van der Waals surface area contributed by atoms with Crippen molar-refractivity contribution in [3.63, 3.8) is 0 Å². The predicted molar refractivity (Wildman–Crippen MR) is 119 cm³/mol. The van der Waals surface area contributed by atoms with Crippen molar-refractivity contribution in [2.24, 2.45) is 4.99 Å². The van der Waals surface area contributed by atoms with Crippen LogP contribution in [0.5, 0.6) is 0 Å². The number of nitrogens with one attached hydrogen (secondary N) is 2. The van der Waals surface area contributed by atoms with Crippen LogP contribution in [0.15, 0.2) is 17.1 Å². The smallest absolute Gasteiger partial charge is 0.229 e. The Morgan fingerprint density at radius 3 is 2.41 bits per heavy atom. The Bertz CT molecular complexity index is 528. The Labute approximate surface area is 180 Å². The predicted octanol–water partition coefficient (Wildman–Crippen LogP) is 1.74. The maximum Gasteiger partial charge on any atom is 0.229 e. The van der Waals surface area contributed by atoms with Crippen molar-refractivity contribution < 1.29 is 9.59 Å². The summed E-state index contributed by atoms with van der Waals surface area (Å²) in [7, 11) is 0. The average Bonchev–Trinajstić information content (AvgIpc) is 2.59. The summed E-state index contributed by atoms with van der Waals surface area (Å²) < 4.78 is 0. The molecule has 7 nitrogen and oxygen atoms in total. The number of rotatable bonds is 7. The first kappa shape index (κ1) is 23.9. The Morgan fingerprint density at radius 1 is 1.22 bits per heavy atom. The first-order valence-corrected chi connectivity index (χ1v) is 9.74. The van der Waals surface area contributed by atoms with Crippen molar-refractivity contribution in [1.29, 1.82) is 0 Å². The SMILES string of the molecule is C=C(C)CN1CCC(NC(=NCCN2C(=O)CCCC2=O)NCC)CC1.I. The molecule has 2 amide bonds. The minimum atomic E-state index is -0.0701. The molecule has 0 aromatic heterocycles. The third-order valence-electron chi connectivity index (χ3n) is 4.74. The number of guanidine groups is 1. The Kier molecular flexibility index (Phi) is 10.9. The summed E-state index contributed by atoms with van der Waals surface area (Å²) in [5.41, 5.74) is 1.20.